The van der Waals surface area contributed by atoms with Crippen LogP contribution in [0.5, 0.6) is 0 Å². The molecule has 2 heterocycles. The third kappa shape index (κ3) is 2.67. The van der Waals surface area contributed by atoms with Crippen molar-refractivity contribution in [2.75, 3.05) is 0 Å². The first-order chi connectivity index (χ1) is 9.63. The number of benzene rings is 1. The summed E-state index contributed by atoms with van der Waals surface area (Å²) in [5, 5.41) is 13.5. The molecule has 0 amide bonds. The SMILES string of the molecule is O=C(O)c1csc(-c2csc(-c3cccc(Br)c3)n2)c1. The maximum Gasteiger partial charge on any atom is 0.336 e. The molecule has 6 heteroatoms. The monoisotopic (exact) mass is 365 g/mol. The Hall–Kier alpha value is -1.50. The van der Waals surface area contributed by atoms with E-state index in [1.165, 1.54) is 11.3 Å². The number of carboxylic acid groups (broad SMARTS) is 1. The van der Waals surface area contributed by atoms with Gasteiger partial charge in [-0.15, -0.1) is 22.7 Å². The van der Waals surface area contributed by atoms with Gasteiger partial charge in [-0.1, -0.05) is 28.1 Å². The molecule has 0 atom stereocenters. The minimum atomic E-state index is -0.907. The zero-order valence-electron chi connectivity index (χ0n) is 10.0. The lowest BCUT2D eigenvalue weighted by atomic mass is 10.2. The molecule has 0 spiro atoms. The van der Waals surface area contributed by atoms with Crippen LogP contribution in [-0.4, -0.2) is 16.1 Å². The number of halogens is 1. The van der Waals surface area contributed by atoms with Gasteiger partial charge in [0, 0.05) is 20.8 Å². The highest BCUT2D eigenvalue weighted by Crippen LogP contribution is 2.33. The normalized spacial score (nSPS) is 10.7. The number of hydrogen-bond donors (Lipinski definition) is 1. The van der Waals surface area contributed by atoms with Crippen LogP contribution in [0.25, 0.3) is 21.1 Å². The lowest BCUT2D eigenvalue weighted by Gasteiger charge is -1.96. The van der Waals surface area contributed by atoms with Gasteiger partial charge in [0.1, 0.15) is 5.01 Å². The number of aromatic nitrogens is 1. The van der Waals surface area contributed by atoms with Crippen LogP contribution < -0.4 is 0 Å². The van der Waals surface area contributed by atoms with Crippen LogP contribution in [0.1, 0.15) is 10.4 Å². The Kier molecular flexibility index (Phi) is 3.69. The molecule has 0 saturated heterocycles. The van der Waals surface area contributed by atoms with Crippen molar-refractivity contribution in [1.82, 2.24) is 4.98 Å². The fourth-order valence-electron chi connectivity index (χ4n) is 1.72. The number of nitrogens with zero attached hydrogens (tertiary/aromatic N) is 1. The topological polar surface area (TPSA) is 50.2 Å². The van der Waals surface area contributed by atoms with Crippen LogP contribution in [0, 0.1) is 0 Å². The molecular weight excluding hydrogens is 358 g/mol. The summed E-state index contributed by atoms with van der Waals surface area (Å²) in [6.07, 6.45) is 0. The maximum atomic E-state index is 10.9. The van der Waals surface area contributed by atoms with Crippen LogP contribution in [0.4, 0.5) is 0 Å². The van der Waals surface area contributed by atoms with Crippen LogP contribution in [0.2, 0.25) is 0 Å². The molecule has 0 aliphatic carbocycles. The highest BCUT2D eigenvalue weighted by atomic mass is 79.9. The number of rotatable bonds is 3. The van der Waals surface area contributed by atoms with Crippen molar-refractivity contribution in [3.63, 3.8) is 0 Å². The Morgan fingerprint density at radius 3 is 2.75 bits per heavy atom. The molecule has 3 nitrogen and oxygen atoms in total. The largest absolute Gasteiger partial charge is 0.478 e. The summed E-state index contributed by atoms with van der Waals surface area (Å²) in [6.45, 7) is 0. The van der Waals surface area contributed by atoms with Gasteiger partial charge in [0.15, 0.2) is 0 Å². The lowest BCUT2D eigenvalue weighted by molar-refractivity contribution is 0.0697. The summed E-state index contributed by atoms with van der Waals surface area (Å²) in [6, 6.07) is 9.61. The summed E-state index contributed by atoms with van der Waals surface area (Å²) in [5.74, 6) is -0.907. The number of carboxylic acids is 1. The fourth-order valence-corrected chi connectivity index (χ4v) is 3.86. The Balaban J connectivity index is 1.95. The number of aromatic carboxylic acids is 1. The number of hydrogen-bond acceptors (Lipinski definition) is 4. The van der Waals surface area contributed by atoms with Crippen molar-refractivity contribution in [3.05, 3.63) is 51.1 Å². The second-order valence-electron chi connectivity index (χ2n) is 4.05. The van der Waals surface area contributed by atoms with Gasteiger partial charge < -0.3 is 5.11 Å². The predicted molar refractivity (Wildman–Crippen MR) is 85.5 cm³/mol. The third-order valence-electron chi connectivity index (χ3n) is 2.67. The van der Waals surface area contributed by atoms with Crippen molar-refractivity contribution in [1.29, 1.82) is 0 Å². The van der Waals surface area contributed by atoms with Crippen molar-refractivity contribution in [2.45, 2.75) is 0 Å². The van der Waals surface area contributed by atoms with E-state index in [1.807, 2.05) is 29.6 Å². The van der Waals surface area contributed by atoms with E-state index in [4.69, 9.17) is 5.11 Å². The van der Waals surface area contributed by atoms with E-state index in [-0.39, 0.29) is 0 Å². The zero-order chi connectivity index (χ0) is 14.1. The summed E-state index contributed by atoms with van der Waals surface area (Å²) >= 11 is 6.39. The molecular formula is C14H8BrNO2S2. The molecule has 3 aromatic rings. The summed E-state index contributed by atoms with van der Waals surface area (Å²) in [4.78, 5) is 16.3. The highest BCUT2D eigenvalue weighted by Gasteiger charge is 2.11. The number of thiazole rings is 1. The molecule has 3 rings (SSSR count). The van der Waals surface area contributed by atoms with E-state index in [0.717, 1.165) is 25.6 Å². The van der Waals surface area contributed by atoms with E-state index in [2.05, 4.69) is 20.9 Å². The molecule has 0 aliphatic rings. The van der Waals surface area contributed by atoms with Gasteiger partial charge in [0.25, 0.3) is 0 Å². The van der Waals surface area contributed by atoms with Crippen molar-refractivity contribution >= 4 is 44.6 Å². The molecule has 2 aromatic heterocycles. The first-order valence-corrected chi connectivity index (χ1v) is 8.22. The van der Waals surface area contributed by atoms with Gasteiger partial charge in [-0.2, -0.15) is 0 Å². The Bertz CT molecular complexity index is 779. The standard InChI is InChI=1S/C14H8BrNO2S2/c15-10-3-1-2-8(4-10)13-16-11(7-20-13)12-5-9(6-19-12)14(17)18/h1-7H,(H,17,18). The lowest BCUT2D eigenvalue weighted by Crippen LogP contribution is -1.91. The first kappa shape index (κ1) is 13.5. The molecule has 0 fully saturated rings. The second kappa shape index (κ2) is 5.47. The summed E-state index contributed by atoms with van der Waals surface area (Å²) in [5.41, 5.74) is 2.18. The van der Waals surface area contributed by atoms with Crippen molar-refractivity contribution in [3.8, 4) is 21.1 Å². The van der Waals surface area contributed by atoms with Crippen LogP contribution >= 0.6 is 38.6 Å². The van der Waals surface area contributed by atoms with Crippen LogP contribution in [0.15, 0.2) is 45.6 Å². The molecule has 0 aliphatic heterocycles. The van der Waals surface area contributed by atoms with E-state index < -0.39 is 5.97 Å². The second-order valence-corrected chi connectivity index (χ2v) is 6.74. The molecule has 0 radical (unpaired) electrons. The molecule has 1 aromatic carbocycles. The summed E-state index contributed by atoms with van der Waals surface area (Å²) in [7, 11) is 0. The zero-order valence-corrected chi connectivity index (χ0v) is 13.3. The van der Waals surface area contributed by atoms with Gasteiger partial charge in [0.05, 0.1) is 16.1 Å². The predicted octanol–water partition coefficient (Wildman–Crippen LogP) is 5.00. The molecule has 0 bridgehead atoms. The van der Waals surface area contributed by atoms with Gasteiger partial charge >= 0.3 is 5.97 Å². The average molecular weight is 366 g/mol. The van der Waals surface area contributed by atoms with Gasteiger partial charge in [-0.3, -0.25) is 0 Å². The summed E-state index contributed by atoms with van der Waals surface area (Å²) < 4.78 is 1.01. The minimum absolute atomic E-state index is 0.307. The Morgan fingerprint density at radius 1 is 1.20 bits per heavy atom. The van der Waals surface area contributed by atoms with E-state index in [0.29, 0.717) is 5.56 Å². The minimum Gasteiger partial charge on any atom is -0.478 e. The molecule has 0 saturated carbocycles. The van der Waals surface area contributed by atoms with Gasteiger partial charge in [-0.05, 0) is 18.2 Å². The first-order valence-electron chi connectivity index (χ1n) is 5.67. The molecule has 1 N–H and O–H groups in total. The fraction of sp³-hybridized carbons (Fsp3) is 0. The Morgan fingerprint density at radius 2 is 2.05 bits per heavy atom. The van der Waals surface area contributed by atoms with Gasteiger partial charge in [-0.25, -0.2) is 9.78 Å². The molecule has 100 valence electrons. The smallest absolute Gasteiger partial charge is 0.336 e. The van der Waals surface area contributed by atoms with E-state index in [9.17, 15) is 4.79 Å². The number of thiophene rings is 1. The van der Waals surface area contributed by atoms with E-state index in [1.54, 1.807) is 22.8 Å². The number of carbonyl (C=O) groups is 1. The maximum absolute atomic E-state index is 10.9. The third-order valence-corrected chi connectivity index (χ3v) is 5.01. The van der Waals surface area contributed by atoms with E-state index >= 15 is 0 Å². The quantitative estimate of drug-likeness (QED) is 0.710. The highest BCUT2D eigenvalue weighted by molar-refractivity contribution is 9.10. The van der Waals surface area contributed by atoms with Crippen molar-refractivity contribution in [2.24, 2.45) is 0 Å². The molecule has 0 unspecified atom stereocenters. The Labute approximate surface area is 131 Å². The average Bonchev–Trinajstić information content (AvgIpc) is 3.08. The van der Waals surface area contributed by atoms with Crippen LogP contribution in [-0.2, 0) is 0 Å². The van der Waals surface area contributed by atoms with Crippen molar-refractivity contribution < 1.29 is 9.90 Å². The molecule has 20 heavy (non-hydrogen) atoms. The van der Waals surface area contributed by atoms with Gasteiger partial charge in [0.2, 0.25) is 0 Å². The van der Waals surface area contributed by atoms with Crippen LogP contribution in [0.3, 0.4) is 0 Å².